The van der Waals surface area contributed by atoms with E-state index in [-0.39, 0.29) is 5.91 Å². The van der Waals surface area contributed by atoms with Gasteiger partial charge in [-0.25, -0.2) is 5.43 Å². The van der Waals surface area contributed by atoms with Crippen LogP contribution in [-0.4, -0.2) is 18.7 Å². The summed E-state index contributed by atoms with van der Waals surface area (Å²) in [6.45, 7) is 2.52. The number of hydrogen-bond donors (Lipinski definition) is 1. The molecule has 1 N–H and O–H groups in total. The van der Waals surface area contributed by atoms with Crippen LogP contribution in [0.15, 0.2) is 71.8 Å². The van der Waals surface area contributed by atoms with Gasteiger partial charge in [0.05, 0.1) is 12.8 Å². The number of carbonyl (C=O) groups excluding carboxylic acids is 1. The highest BCUT2D eigenvalue weighted by Crippen LogP contribution is 2.14. The largest absolute Gasteiger partial charge is 0.494 e. The van der Waals surface area contributed by atoms with E-state index in [9.17, 15) is 4.79 Å². The average Bonchev–Trinajstić information content (AvgIpc) is 2.62. The van der Waals surface area contributed by atoms with Gasteiger partial charge < -0.3 is 4.74 Å². The van der Waals surface area contributed by atoms with Crippen LogP contribution in [0.4, 0.5) is 0 Å². The summed E-state index contributed by atoms with van der Waals surface area (Å²) < 4.78 is 5.35. The van der Waals surface area contributed by atoms with Crippen molar-refractivity contribution in [3.8, 4) is 5.75 Å². The first-order valence-electron chi connectivity index (χ1n) is 7.81. The second kappa shape index (κ2) is 7.42. The summed E-state index contributed by atoms with van der Waals surface area (Å²) in [7, 11) is 0. The molecule has 3 rings (SSSR count). The van der Waals surface area contributed by atoms with Crippen molar-refractivity contribution in [2.45, 2.75) is 6.92 Å². The van der Waals surface area contributed by atoms with Crippen molar-refractivity contribution in [1.82, 2.24) is 5.43 Å². The number of carbonyl (C=O) groups is 1. The van der Waals surface area contributed by atoms with E-state index in [1.54, 1.807) is 30.5 Å². The van der Waals surface area contributed by atoms with Gasteiger partial charge in [-0.15, -0.1) is 0 Å². The maximum atomic E-state index is 12.1. The van der Waals surface area contributed by atoms with Gasteiger partial charge in [0.1, 0.15) is 5.75 Å². The first kappa shape index (κ1) is 15.7. The smallest absolute Gasteiger partial charge is 0.271 e. The minimum absolute atomic E-state index is 0.255. The Morgan fingerprint density at radius 2 is 1.79 bits per heavy atom. The third kappa shape index (κ3) is 3.79. The lowest BCUT2D eigenvalue weighted by atomic mass is 10.1. The third-order valence-corrected chi connectivity index (χ3v) is 3.58. The van der Waals surface area contributed by atoms with Crippen molar-refractivity contribution >= 4 is 22.9 Å². The molecular weight excluding hydrogens is 300 g/mol. The van der Waals surface area contributed by atoms with E-state index in [2.05, 4.69) is 16.6 Å². The molecule has 0 unspecified atom stereocenters. The number of hydrogen-bond acceptors (Lipinski definition) is 3. The SMILES string of the molecule is CCOc1ccc(C(=O)NN=Cc2ccc3ccccc3c2)cc1. The standard InChI is InChI=1S/C20H18N2O2/c1-2-24-19-11-9-17(10-12-19)20(23)22-21-14-15-7-8-16-5-3-4-6-18(16)13-15/h3-14H,2H2,1H3,(H,22,23). The Hall–Kier alpha value is -3.14. The fourth-order valence-electron chi connectivity index (χ4n) is 2.39. The molecule has 120 valence electrons. The molecule has 0 aliphatic carbocycles. The highest BCUT2D eigenvalue weighted by atomic mass is 16.5. The van der Waals surface area contributed by atoms with Gasteiger partial charge >= 0.3 is 0 Å². The summed E-state index contributed by atoms with van der Waals surface area (Å²) in [5.41, 5.74) is 4.00. The Kier molecular flexibility index (Phi) is 4.87. The number of rotatable bonds is 5. The molecule has 0 radical (unpaired) electrons. The highest BCUT2D eigenvalue weighted by Gasteiger charge is 2.04. The quantitative estimate of drug-likeness (QED) is 0.571. The lowest BCUT2D eigenvalue weighted by Crippen LogP contribution is -2.17. The number of ether oxygens (including phenoxy) is 1. The molecule has 0 aliphatic heterocycles. The van der Waals surface area contributed by atoms with Crippen molar-refractivity contribution in [2.75, 3.05) is 6.61 Å². The van der Waals surface area contributed by atoms with Gasteiger partial charge in [0.15, 0.2) is 0 Å². The minimum Gasteiger partial charge on any atom is -0.494 e. The predicted octanol–water partition coefficient (Wildman–Crippen LogP) is 4.00. The molecular formula is C20H18N2O2. The second-order valence-corrected chi connectivity index (χ2v) is 5.26. The summed E-state index contributed by atoms with van der Waals surface area (Å²) >= 11 is 0. The fraction of sp³-hybridized carbons (Fsp3) is 0.100. The van der Waals surface area contributed by atoms with Crippen LogP contribution in [0.2, 0.25) is 0 Å². The lowest BCUT2D eigenvalue weighted by molar-refractivity contribution is 0.0955. The van der Waals surface area contributed by atoms with Crippen LogP contribution in [0, 0.1) is 0 Å². The molecule has 0 heterocycles. The first-order chi connectivity index (χ1) is 11.8. The zero-order valence-corrected chi connectivity index (χ0v) is 13.4. The van der Waals surface area contributed by atoms with E-state index >= 15 is 0 Å². The molecule has 3 aromatic rings. The normalized spacial score (nSPS) is 10.9. The average molecular weight is 318 g/mol. The Bertz CT molecular complexity index is 870. The molecule has 0 saturated heterocycles. The first-order valence-corrected chi connectivity index (χ1v) is 7.81. The van der Waals surface area contributed by atoms with Crippen molar-refractivity contribution in [3.05, 3.63) is 77.9 Å². The molecule has 3 aromatic carbocycles. The van der Waals surface area contributed by atoms with Crippen LogP contribution < -0.4 is 10.2 Å². The topological polar surface area (TPSA) is 50.7 Å². The molecule has 0 saturated carbocycles. The van der Waals surface area contributed by atoms with Crippen LogP contribution in [0.3, 0.4) is 0 Å². The number of nitrogens with zero attached hydrogens (tertiary/aromatic N) is 1. The summed E-state index contributed by atoms with van der Waals surface area (Å²) in [4.78, 5) is 12.1. The second-order valence-electron chi connectivity index (χ2n) is 5.26. The van der Waals surface area contributed by atoms with E-state index in [0.717, 1.165) is 16.7 Å². The van der Waals surface area contributed by atoms with Crippen LogP contribution >= 0.6 is 0 Å². The van der Waals surface area contributed by atoms with Gasteiger partial charge in [-0.2, -0.15) is 5.10 Å². The van der Waals surface area contributed by atoms with E-state index in [1.165, 1.54) is 5.39 Å². The highest BCUT2D eigenvalue weighted by molar-refractivity contribution is 5.95. The summed E-state index contributed by atoms with van der Waals surface area (Å²) in [5.74, 6) is 0.490. The Morgan fingerprint density at radius 1 is 1.04 bits per heavy atom. The van der Waals surface area contributed by atoms with Crippen LogP contribution in [0.1, 0.15) is 22.8 Å². The predicted molar refractivity (Wildman–Crippen MR) is 96.6 cm³/mol. The summed E-state index contributed by atoms with van der Waals surface area (Å²) in [5, 5.41) is 6.34. The van der Waals surface area contributed by atoms with Gasteiger partial charge in [0.2, 0.25) is 0 Å². The Balaban J connectivity index is 1.64. The Morgan fingerprint density at radius 3 is 2.54 bits per heavy atom. The van der Waals surface area contributed by atoms with Gasteiger partial charge in [0, 0.05) is 5.56 Å². The van der Waals surface area contributed by atoms with E-state index in [0.29, 0.717) is 12.2 Å². The molecule has 0 aliphatic rings. The van der Waals surface area contributed by atoms with E-state index < -0.39 is 0 Å². The van der Waals surface area contributed by atoms with Crippen LogP contribution in [0.25, 0.3) is 10.8 Å². The van der Waals surface area contributed by atoms with Crippen molar-refractivity contribution in [3.63, 3.8) is 0 Å². The van der Waals surface area contributed by atoms with E-state index in [4.69, 9.17) is 4.74 Å². The number of benzene rings is 3. The molecule has 0 atom stereocenters. The van der Waals surface area contributed by atoms with Gasteiger partial charge in [-0.1, -0.05) is 36.4 Å². The van der Waals surface area contributed by atoms with Gasteiger partial charge in [-0.05, 0) is 53.6 Å². The monoisotopic (exact) mass is 318 g/mol. The van der Waals surface area contributed by atoms with E-state index in [1.807, 2.05) is 43.3 Å². The summed E-state index contributed by atoms with van der Waals surface area (Å²) in [6, 6.07) is 21.1. The number of fused-ring (bicyclic) bond motifs is 1. The van der Waals surface area contributed by atoms with Crippen LogP contribution in [0.5, 0.6) is 5.75 Å². The van der Waals surface area contributed by atoms with Gasteiger partial charge in [0.25, 0.3) is 5.91 Å². The maximum Gasteiger partial charge on any atom is 0.271 e. The Labute approximate surface area is 140 Å². The molecule has 0 fully saturated rings. The van der Waals surface area contributed by atoms with Gasteiger partial charge in [-0.3, -0.25) is 4.79 Å². The van der Waals surface area contributed by atoms with Crippen LogP contribution in [-0.2, 0) is 0 Å². The molecule has 0 aromatic heterocycles. The molecule has 4 nitrogen and oxygen atoms in total. The third-order valence-electron chi connectivity index (χ3n) is 3.58. The minimum atomic E-state index is -0.255. The number of amides is 1. The van der Waals surface area contributed by atoms with Crippen molar-refractivity contribution in [1.29, 1.82) is 0 Å². The lowest BCUT2D eigenvalue weighted by Gasteiger charge is -2.04. The molecule has 0 spiro atoms. The molecule has 4 heteroatoms. The molecule has 24 heavy (non-hydrogen) atoms. The molecule has 1 amide bonds. The number of nitrogens with one attached hydrogen (secondary N) is 1. The van der Waals surface area contributed by atoms with Crippen molar-refractivity contribution in [2.24, 2.45) is 5.10 Å². The summed E-state index contributed by atoms with van der Waals surface area (Å²) in [6.07, 6.45) is 1.64. The zero-order chi connectivity index (χ0) is 16.8. The fourth-order valence-corrected chi connectivity index (χ4v) is 2.39. The maximum absolute atomic E-state index is 12.1. The van der Waals surface area contributed by atoms with Crippen molar-refractivity contribution < 1.29 is 9.53 Å². The molecule has 0 bridgehead atoms. The number of hydrazone groups is 1. The zero-order valence-electron chi connectivity index (χ0n) is 13.4.